The van der Waals surface area contributed by atoms with E-state index in [9.17, 15) is 17.6 Å². The number of hydrogen-bond donors (Lipinski definition) is 0. The van der Waals surface area contributed by atoms with Crippen LogP contribution >= 0.6 is 0 Å². The Morgan fingerprint density at radius 1 is 0.722 bits per heavy atom. The lowest BCUT2D eigenvalue weighted by atomic mass is 10.0. The van der Waals surface area contributed by atoms with Gasteiger partial charge in [0.25, 0.3) is 11.8 Å². The van der Waals surface area contributed by atoms with E-state index in [-0.39, 0.29) is 43.5 Å². The molecule has 2 saturated heterocycles. The molecule has 0 aromatic rings. The molecule has 4 fully saturated rings. The summed E-state index contributed by atoms with van der Waals surface area (Å²) in [5.41, 5.74) is -0.675. The first-order valence-corrected chi connectivity index (χ1v) is 13.9. The van der Waals surface area contributed by atoms with Crippen LogP contribution in [0.2, 0.25) is 0 Å². The second-order valence-electron chi connectivity index (χ2n) is 11.4. The van der Waals surface area contributed by atoms with Crippen molar-refractivity contribution in [2.75, 3.05) is 65.7 Å². The molecule has 9 heteroatoms. The van der Waals surface area contributed by atoms with Gasteiger partial charge in [-0.25, -0.2) is 17.6 Å². The predicted octanol–water partition coefficient (Wildman–Crippen LogP) is 5.72. The standard InChI is InChI=1S/C13H23F2NO.C12H21F2NO2.C2H6/c1-11(2)17-10-12(3-4-12)9-16-7-5-13(14,15)6-8-16;1-10(2)17-9-11(7-12(11,13)14)8-15-3-5-16-6-4-15;1-2/h11H,3-10H2,1-2H3;10H,3-9H2,1-2H3;1-2H3. The number of likely N-dealkylation sites (tertiary alicyclic amines) is 1. The smallest absolute Gasteiger partial charge is 0.258 e. The monoisotopic (exact) mass is 526 g/mol. The van der Waals surface area contributed by atoms with E-state index in [0.29, 0.717) is 32.8 Å². The Labute approximate surface area is 216 Å². The number of rotatable bonds is 10. The quantitative estimate of drug-likeness (QED) is 0.340. The van der Waals surface area contributed by atoms with Gasteiger partial charge in [0, 0.05) is 63.9 Å². The zero-order valence-corrected chi connectivity index (χ0v) is 23.4. The summed E-state index contributed by atoms with van der Waals surface area (Å²) in [6.07, 6.45) is 2.65. The van der Waals surface area contributed by atoms with E-state index in [1.165, 1.54) is 12.8 Å². The highest BCUT2D eigenvalue weighted by Gasteiger charge is 2.71. The van der Waals surface area contributed by atoms with E-state index in [2.05, 4.69) is 9.80 Å². The average Bonchev–Trinajstić information content (AvgIpc) is 3.71. The maximum atomic E-state index is 13.5. The Bertz CT molecular complexity index is 631. The van der Waals surface area contributed by atoms with Gasteiger partial charge < -0.3 is 19.1 Å². The molecule has 0 N–H and O–H groups in total. The molecule has 2 aliphatic heterocycles. The molecule has 2 aliphatic carbocycles. The van der Waals surface area contributed by atoms with Crippen molar-refractivity contribution >= 4 is 0 Å². The Kier molecular flexibility index (Phi) is 11.9. The van der Waals surface area contributed by atoms with Crippen LogP contribution in [-0.2, 0) is 14.2 Å². The van der Waals surface area contributed by atoms with Gasteiger partial charge in [-0.1, -0.05) is 13.8 Å². The lowest BCUT2D eigenvalue weighted by Gasteiger charge is -2.34. The Morgan fingerprint density at radius 2 is 1.19 bits per heavy atom. The van der Waals surface area contributed by atoms with Gasteiger partial charge >= 0.3 is 0 Å². The normalized spacial score (nSPS) is 28.7. The van der Waals surface area contributed by atoms with E-state index >= 15 is 0 Å². The topological polar surface area (TPSA) is 34.2 Å². The first kappa shape index (κ1) is 31.7. The van der Waals surface area contributed by atoms with Crippen LogP contribution in [0.4, 0.5) is 17.6 Å². The first-order chi connectivity index (χ1) is 16.9. The van der Waals surface area contributed by atoms with E-state index < -0.39 is 17.3 Å². The lowest BCUT2D eigenvalue weighted by Crippen LogP contribution is -2.42. The third-order valence-corrected chi connectivity index (χ3v) is 7.36. The molecule has 2 saturated carbocycles. The molecule has 0 bridgehead atoms. The fraction of sp³-hybridized carbons (Fsp3) is 1.00. The van der Waals surface area contributed by atoms with Gasteiger partial charge in [0.05, 0.1) is 44.1 Å². The molecule has 2 heterocycles. The highest BCUT2D eigenvalue weighted by Crippen LogP contribution is 2.61. The molecule has 5 nitrogen and oxygen atoms in total. The largest absolute Gasteiger partial charge is 0.379 e. The van der Waals surface area contributed by atoms with Gasteiger partial charge in [0.2, 0.25) is 0 Å². The molecular formula is C27H50F4N2O3. The second-order valence-corrected chi connectivity index (χ2v) is 11.4. The Hall–Kier alpha value is -0.480. The van der Waals surface area contributed by atoms with Crippen LogP contribution in [0.15, 0.2) is 0 Å². The Balaban J connectivity index is 0.000000237. The number of ether oxygens (including phenoxy) is 3. The molecule has 36 heavy (non-hydrogen) atoms. The highest BCUT2D eigenvalue weighted by atomic mass is 19.3. The molecule has 4 aliphatic rings. The summed E-state index contributed by atoms with van der Waals surface area (Å²) < 4.78 is 69.4. The van der Waals surface area contributed by atoms with E-state index in [4.69, 9.17) is 14.2 Å². The summed E-state index contributed by atoms with van der Waals surface area (Å²) in [4.78, 5) is 4.25. The summed E-state index contributed by atoms with van der Waals surface area (Å²) in [7, 11) is 0. The maximum absolute atomic E-state index is 13.5. The minimum atomic E-state index is -2.56. The van der Waals surface area contributed by atoms with Gasteiger partial charge in [-0.05, 0) is 40.5 Å². The zero-order valence-electron chi connectivity index (χ0n) is 23.4. The van der Waals surface area contributed by atoms with Crippen LogP contribution in [0, 0.1) is 10.8 Å². The number of halogens is 4. The predicted molar refractivity (Wildman–Crippen MR) is 135 cm³/mol. The van der Waals surface area contributed by atoms with Gasteiger partial charge in [-0.15, -0.1) is 0 Å². The summed E-state index contributed by atoms with van der Waals surface area (Å²) in [6, 6.07) is 0. The number of nitrogens with zero attached hydrogens (tertiary/aromatic N) is 2. The number of hydrogen-bond acceptors (Lipinski definition) is 5. The molecule has 1 unspecified atom stereocenters. The van der Waals surface area contributed by atoms with Crippen molar-refractivity contribution in [3.8, 4) is 0 Å². The van der Waals surface area contributed by atoms with Crippen molar-refractivity contribution in [1.29, 1.82) is 0 Å². The highest BCUT2D eigenvalue weighted by molar-refractivity contribution is 5.11. The van der Waals surface area contributed by atoms with Crippen molar-refractivity contribution in [1.82, 2.24) is 9.80 Å². The van der Waals surface area contributed by atoms with Crippen LogP contribution in [0.25, 0.3) is 0 Å². The van der Waals surface area contributed by atoms with E-state index in [1.807, 2.05) is 41.5 Å². The molecule has 0 amide bonds. The van der Waals surface area contributed by atoms with Crippen molar-refractivity contribution in [3.05, 3.63) is 0 Å². The molecule has 1 atom stereocenters. The molecule has 0 spiro atoms. The lowest BCUT2D eigenvalue weighted by molar-refractivity contribution is -0.0617. The van der Waals surface area contributed by atoms with Gasteiger partial charge in [-0.3, -0.25) is 4.90 Å². The first-order valence-electron chi connectivity index (χ1n) is 13.9. The molecule has 0 aromatic carbocycles. The zero-order chi connectivity index (χ0) is 27.0. The molecule has 0 radical (unpaired) electrons. The van der Waals surface area contributed by atoms with Crippen LogP contribution < -0.4 is 0 Å². The second kappa shape index (κ2) is 13.5. The third kappa shape index (κ3) is 10.0. The van der Waals surface area contributed by atoms with Gasteiger partial charge in [0.15, 0.2) is 0 Å². The number of alkyl halides is 4. The molecule has 214 valence electrons. The van der Waals surface area contributed by atoms with E-state index in [1.54, 1.807) is 0 Å². The number of morpholine rings is 1. The minimum Gasteiger partial charge on any atom is -0.379 e. The Morgan fingerprint density at radius 3 is 1.64 bits per heavy atom. The van der Waals surface area contributed by atoms with Gasteiger partial charge in [-0.2, -0.15) is 0 Å². The minimum absolute atomic E-state index is 0.00737. The van der Waals surface area contributed by atoms with Gasteiger partial charge in [0.1, 0.15) is 0 Å². The van der Waals surface area contributed by atoms with Crippen molar-refractivity contribution in [2.45, 2.75) is 97.7 Å². The van der Waals surface area contributed by atoms with Crippen molar-refractivity contribution in [2.24, 2.45) is 10.8 Å². The molecular weight excluding hydrogens is 476 g/mol. The molecule has 4 rings (SSSR count). The average molecular weight is 527 g/mol. The van der Waals surface area contributed by atoms with Crippen LogP contribution in [0.5, 0.6) is 0 Å². The molecule has 0 aromatic heterocycles. The van der Waals surface area contributed by atoms with E-state index in [0.717, 1.165) is 26.2 Å². The van der Waals surface area contributed by atoms with Crippen molar-refractivity contribution in [3.63, 3.8) is 0 Å². The number of piperidine rings is 1. The van der Waals surface area contributed by atoms with Crippen LogP contribution in [0.3, 0.4) is 0 Å². The fourth-order valence-corrected chi connectivity index (χ4v) is 4.65. The van der Waals surface area contributed by atoms with Crippen LogP contribution in [-0.4, -0.2) is 99.5 Å². The summed E-state index contributed by atoms with van der Waals surface area (Å²) in [5, 5.41) is 0. The third-order valence-electron chi connectivity index (χ3n) is 7.36. The fourth-order valence-electron chi connectivity index (χ4n) is 4.65. The van der Waals surface area contributed by atoms with Crippen LogP contribution in [0.1, 0.15) is 73.6 Å². The summed E-state index contributed by atoms with van der Waals surface area (Å²) >= 11 is 0. The van der Waals surface area contributed by atoms with Crippen molar-refractivity contribution < 1.29 is 31.8 Å². The summed E-state index contributed by atoms with van der Waals surface area (Å²) in [6.45, 7) is 18.0. The SMILES string of the molecule is CC.CC(C)OCC1(CN2CCC(F)(F)CC2)CC1.CC(C)OCC1(CN2CCOCC2)CC1(F)F. The summed E-state index contributed by atoms with van der Waals surface area (Å²) in [5.74, 6) is -4.98. The maximum Gasteiger partial charge on any atom is 0.258 e.